The Balaban J connectivity index is 1.70. The lowest BCUT2D eigenvalue weighted by atomic mass is 10.00. The van der Waals surface area contributed by atoms with Gasteiger partial charge in [-0.3, -0.25) is 0 Å². The zero-order valence-electron chi connectivity index (χ0n) is 12.7. The molecule has 4 heteroatoms. The van der Waals surface area contributed by atoms with Crippen LogP contribution in [0.2, 0.25) is 0 Å². The van der Waals surface area contributed by atoms with Gasteiger partial charge >= 0.3 is 0 Å². The van der Waals surface area contributed by atoms with Gasteiger partial charge in [0.05, 0.1) is 0 Å². The van der Waals surface area contributed by atoms with Crippen molar-refractivity contribution in [3.8, 4) is 5.75 Å². The van der Waals surface area contributed by atoms with E-state index in [-0.39, 0.29) is 0 Å². The Labute approximate surface area is 122 Å². The Hall–Kier alpha value is -1.26. The minimum absolute atomic E-state index is 0.730. The van der Waals surface area contributed by atoms with Gasteiger partial charge in [0.2, 0.25) is 0 Å². The molecule has 1 unspecified atom stereocenters. The van der Waals surface area contributed by atoms with Crippen LogP contribution in [0.4, 0.5) is 5.69 Å². The minimum atomic E-state index is 0.730. The van der Waals surface area contributed by atoms with Crippen LogP contribution in [-0.2, 0) is 0 Å². The maximum atomic E-state index is 5.69. The number of piperidine rings is 1. The molecule has 1 aromatic carbocycles. The number of benzene rings is 1. The Kier molecular flexibility index (Phi) is 6.15. The van der Waals surface area contributed by atoms with Gasteiger partial charge in [-0.2, -0.15) is 0 Å². The van der Waals surface area contributed by atoms with Gasteiger partial charge < -0.3 is 20.3 Å². The molecule has 2 N–H and O–H groups in total. The lowest BCUT2D eigenvalue weighted by Crippen LogP contribution is -2.33. The van der Waals surface area contributed by atoms with Crippen LogP contribution in [0, 0.1) is 5.92 Å². The second kappa shape index (κ2) is 8.12. The predicted molar refractivity (Wildman–Crippen MR) is 84.6 cm³/mol. The summed E-state index contributed by atoms with van der Waals surface area (Å²) in [5, 5.41) is 6.96. The van der Waals surface area contributed by atoms with Crippen molar-refractivity contribution in [1.82, 2.24) is 10.2 Å². The Morgan fingerprint density at radius 3 is 2.75 bits per heavy atom. The van der Waals surface area contributed by atoms with Crippen molar-refractivity contribution in [1.29, 1.82) is 0 Å². The van der Waals surface area contributed by atoms with E-state index in [9.17, 15) is 0 Å². The first-order valence-corrected chi connectivity index (χ1v) is 7.56. The summed E-state index contributed by atoms with van der Waals surface area (Å²) in [5.41, 5.74) is 1.18. The van der Waals surface area contributed by atoms with Crippen molar-refractivity contribution in [3.05, 3.63) is 24.3 Å². The molecule has 0 radical (unpaired) electrons. The number of likely N-dealkylation sites (N-methyl/N-ethyl adjacent to an activating group) is 1. The zero-order valence-corrected chi connectivity index (χ0v) is 12.7. The van der Waals surface area contributed by atoms with Crippen molar-refractivity contribution < 1.29 is 4.74 Å². The normalized spacial score (nSPS) is 19.1. The predicted octanol–water partition coefficient (Wildman–Crippen LogP) is 2.04. The van der Waals surface area contributed by atoms with Crippen molar-refractivity contribution in [2.75, 3.05) is 52.2 Å². The van der Waals surface area contributed by atoms with Crippen molar-refractivity contribution in [2.24, 2.45) is 5.92 Å². The van der Waals surface area contributed by atoms with Gasteiger partial charge in [-0.25, -0.2) is 0 Å². The molecule has 0 aliphatic carbocycles. The van der Waals surface area contributed by atoms with E-state index in [4.69, 9.17) is 4.74 Å². The van der Waals surface area contributed by atoms with Crippen LogP contribution in [0.25, 0.3) is 0 Å². The highest BCUT2D eigenvalue weighted by atomic mass is 16.5. The summed E-state index contributed by atoms with van der Waals surface area (Å²) in [5.74, 6) is 1.69. The molecule has 0 amide bonds. The third-order valence-electron chi connectivity index (χ3n) is 3.66. The average molecular weight is 277 g/mol. The van der Waals surface area contributed by atoms with E-state index in [1.807, 2.05) is 12.1 Å². The number of hydrogen-bond donors (Lipinski definition) is 2. The summed E-state index contributed by atoms with van der Waals surface area (Å²) in [6.45, 7) is 5.03. The van der Waals surface area contributed by atoms with E-state index in [1.54, 1.807) is 0 Å². The molecular formula is C16H27N3O. The van der Waals surface area contributed by atoms with E-state index >= 15 is 0 Å². The maximum absolute atomic E-state index is 5.69. The lowest BCUT2D eigenvalue weighted by Gasteiger charge is -2.23. The molecule has 0 bridgehead atoms. The third-order valence-corrected chi connectivity index (χ3v) is 3.66. The molecule has 1 atom stereocenters. The van der Waals surface area contributed by atoms with Crippen LogP contribution >= 0.6 is 0 Å². The highest BCUT2D eigenvalue weighted by molar-refractivity contribution is 5.46. The molecule has 1 aliphatic heterocycles. The fraction of sp³-hybridized carbons (Fsp3) is 0.625. The van der Waals surface area contributed by atoms with E-state index in [2.05, 4.69) is 41.8 Å². The molecule has 1 aromatic rings. The maximum Gasteiger partial charge on any atom is 0.119 e. The number of rotatable bonds is 7. The fourth-order valence-corrected chi connectivity index (χ4v) is 2.38. The number of nitrogens with zero attached hydrogens (tertiary/aromatic N) is 1. The summed E-state index contributed by atoms with van der Waals surface area (Å²) >= 11 is 0. The molecule has 1 heterocycles. The lowest BCUT2D eigenvalue weighted by molar-refractivity contribution is 0.261. The first kappa shape index (κ1) is 15.1. The van der Waals surface area contributed by atoms with E-state index < -0.39 is 0 Å². The fourth-order valence-electron chi connectivity index (χ4n) is 2.38. The van der Waals surface area contributed by atoms with Crippen LogP contribution in [0.15, 0.2) is 24.3 Å². The zero-order chi connectivity index (χ0) is 14.2. The molecule has 20 heavy (non-hydrogen) atoms. The van der Waals surface area contributed by atoms with Gasteiger partial charge in [0, 0.05) is 18.8 Å². The van der Waals surface area contributed by atoms with E-state index in [0.29, 0.717) is 0 Å². The molecule has 0 aromatic heterocycles. The molecule has 1 saturated heterocycles. The number of nitrogens with one attached hydrogen (secondary N) is 2. The van der Waals surface area contributed by atoms with Gasteiger partial charge in [0.25, 0.3) is 0 Å². The second-order valence-electron chi connectivity index (χ2n) is 5.77. The molecule has 4 nitrogen and oxygen atoms in total. The largest absolute Gasteiger partial charge is 0.492 e. The first-order valence-electron chi connectivity index (χ1n) is 7.56. The third kappa shape index (κ3) is 5.39. The topological polar surface area (TPSA) is 36.5 Å². The number of ether oxygens (including phenoxy) is 1. The van der Waals surface area contributed by atoms with Crippen molar-refractivity contribution >= 4 is 5.69 Å². The van der Waals surface area contributed by atoms with Crippen LogP contribution < -0.4 is 15.4 Å². The van der Waals surface area contributed by atoms with Crippen molar-refractivity contribution in [3.63, 3.8) is 0 Å². The summed E-state index contributed by atoms with van der Waals surface area (Å²) in [6.07, 6.45) is 2.62. The molecule has 0 saturated carbocycles. The summed E-state index contributed by atoms with van der Waals surface area (Å²) in [7, 11) is 4.10. The Morgan fingerprint density at radius 2 is 2.10 bits per heavy atom. The van der Waals surface area contributed by atoms with Gasteiger partial charge in [-0.1, -0.05) is 0 Å². The quantitative estimate of drug-likeness (QED) is 0.800. The Morgan fingerprint density at radius 1 is 1.30 bits per heavy atom. The highest BCUT2D eigenvalue weighted by Gasteiger charge is 2.12. The minimum Gasteiger partial charge on any atom is -0.492 e. The average Bonchev–Trinajstić information content (AvgIpc) is 2.47. The van der Waals surface area contributed by atoms with Crippen molar-refractivity contribution in [2.45, 2.75) is 12.8 Å². The van der Waals surface area contributed by atoms with Crippen LogP contribution in [0.3, 0.4) is 0 Å². The van der Waals surface area contributed by atoms with Crippen LogP contribution in [0.5, 0.6) is 5.75 Å². The summed E-state index contributed by atoms with van der Waals surface area (Å²) < 4.78 is 5.69. The molecule has 1 fully saturated rings. The van der Waals surface area contributed by atoms with Gasteiger partial charge in [-0.15, -0.1) is 0 Å². The molecule has 112 valence electrons. The molecule has 0 spiro atoms. The number of hydrogen-bond acceptors (Lipinski definition) is 4. The summed E-state index contributed by atoms with van der Waals surface area (Å²) in [6, 6.07) is 8.27. The van der Waals surface area contributed by atoms with E-state index in [0.717, 1.165) is 37.9 Å². The molecular weight excluding hydrogens is 250 g/mol. The van der Waals surface area contributed by atoms with Crippen LogP contribution in [0.1, 0.15) is 12.8 Å². The monoisotopic (exact) mass is 277 g/mol. The Bertz CT molecular complexity index is 372. The van der Waals surface area contributed by atoms with Gasteiger partial charge in [0.1, 0.15) is 12.4 Å². The first-order chi connectivity index (χ1) is 9.74. The van der Waals surface area contributed by atoms with E-state index in [1.165, 1.54) is 25.1 Å². The second-order valence-corrected chi connectivity index (χ2v) is 5.77. The number of anilines is 1. The standard InChI is InChI=1S/C16H27N3O/c1-19(2)10-11-20-16-7-5-15(6-8-16)18-13-14-4-3-9-17-12-14/h5-8,14,17-18H,3-4,9-13H2,1-2H3. The highest BCUT2D eigenvalue weighted by Crippen LogP contribution is 2.17. The molecule has 2 rings (SSSR count). The molecule has 1 aliphatic rings. The van der Waals surface area contributed by atoms with Gasteiger partial charge in [-0.05, 0) is 70.2 Å². The SMILES string of the molecule is CN(C)CCOc1ccc(NCC2CCCNC2)cc1. The smallest absolute Gasteiger partial charge is 0.119 e. The van der Waals surface area contributed by atoms with Crippen LogP contribution in [-0.4, -0.2) is 51.8 Å². The van der Waals surface area contributed by atoms with Gasteiger partial charge in [0.15, 0.2) is 0 Å². The summed E-state index contributed by atoms with van der Waals surface area (Å²) in [4.78, 5) is 2.12.